The van der Waals surface area contributed by atoms with Gasteiger partial charge in [0.2, 0.25) is 5.82 Å². The van der Waals surface area contributed by atoms with Gasteiger partial charge >= 0.3 is 0 Å². The molecule has 2 heterocycles. The van der Waals surface area contributed by atoms with Gasteiger partial charge in [-0.2, -0.15) is 5.21 Å². The van der Waals surface area contributed by atoms with Gasteiger partial charge in [-0.25, -0.2) is 0 Å². The molecule has 1 saturated heterocycles. The second kappa shape index (κ2) is 4.79. The van der Waals surface area contributed by atoms with E-state index in [0.29, 0.717) is 17.4 Å². The Balaban J connectivity index is 1.81. The normalized spacial score (nSPS) is 18.8. The molecule has 6 nitrogen and oxygen atoms in total. The van der Waals surface area contributed by atoms with Gasteiger partial charge in [0, 0.05) is 23.7 Å². The number of nitrogens with zero attached hydrogens (tertiary/aromatic N) is 4. The summed E-state index contributed by atoms with van der Waals surface area (Å²) in [6.07, 6.45) is 2.18. The van der Waals surface area contributed by atoms with E-state index in [4.69, 9.17) is 0 Å². The van der Waals surface area contributed by atoms with Crippen molar-refractivity contribution < 1.29 is 4.79 Å². The predicted molar refractivity (Wildman–Crippen MR) is 69.3 cm³/mol. The highest BCUT2D eigenvalue weighted by Gasteiger charge is 2.25. The second-order valence-corrected chi connectivity index (χ2v) is 4.80. The minimum atomic E-state index is 0.102. The Morgan fingerprint density at radius 1 is 1.37 bits per heavy atom. The van der Waals surface area contributed by atoms with Crippen molar-refractivity contribution in [2.45, 2.75) is 25.8 Å². The maximum atomic E-state index is 12.3. The minimum absolute atomic E-state index is 0.102. The number of amides is 1. The lowest BCUT2D eigenvalue weighted by molar-refractivity contribution is 0.0747. The van der Waals surface area contributed by atoms with Gasteiger partial charge in [-0.1, -0.05) is 12.1 Å². The molecule has 1 N–H and O–H groups in total. The number of carbonyl (C=O) groups excluding carboxylic acids is 1. The molecule has 6 heteroatoms. The molecular formula is C13H15N5O. The minimum Gasteiger partial charge on any atom is -0.336 e. The molecule has 0 radical (unpaired) electrons. The summed E-state index contributed by atoms with van der Waals surface area (Å²) in [4.78, 5) is 14.3. The van der Waals surface area contributed by atoms with E-state index in [1.807, 2.05) is 29.2 Å². The molecule has 1 fully saturated rings. The van der Waals surface area contributed by atoms with Crippen LogP contribution in [0.2, 0.25) is 0 Å². The van der Waals surface area contributed by atoms with Crippen LogP contribution in [0.25, 0.3) is 11.4 Å². The van der Waals surface area contributed by atoms with Gasteiger partial charge in [-0.05, 0) is 37.1 Å². The zero-order chi connectivity index (χ0) is 13.2. The number of hydrogen-bond acceptors (Lipinski definition) is 4. The zero-order valence-electron chi connectivity index (χ0n) is 10.7. The fourth-order valence-corrected chi connectivity index (χ4v) is 2.45. The van der Waals surface area contributed by atoms with E-state index in [0.717, 1.165) is 24.9 Å². The third-order valence-electron chi connectivity index (χ3n) is 3.55. The molecule has 1 aliphatic heterocycles. The van der Waals surface area contributed by atoms with E-state index in [9.17, 15) is 4.79 Å². The van der Waals surface area contributed by atoms with Gasteiger partial charge in [0.05, 0.1) is 0 Å². The molecule has 1 amide bonds. The van der Waals surface area contributed by atoms with E-state index < -0.39 is 0 Å². The van der Waals surface area contributed by atoms with Gasteiger partial charge in [0.15, 0.2) is 0 Å². The Morgan fingerprint density at radius 3 is 2.74 bits per heavy atom. The molecule has 0 aliphatic carbocycles. The summed E-state index contributed by atoms with van der Waals surface area (Å²) in [5.74, 6) is 0.637. The maximum absolute atomic E-state index is 12.3. The molecule has 3 rings (SSSR count). The fraction of sp³-hybridized carbons (Fsp3) is 0.385. The van der Waals surface area contributed by atoms with Crippen molar-refractivity contribution in [3.63, 3.8) is 0 Å². The van der Waals surface area contributed by atoms with Gasteiger partial charge in [-0.3, -0.25) is 4.79 Å². The van der Waals surface area contributed by atoms with Crippen LogP contribution in [0.4, 0.5) is 0 Å². The number of nitrogens with one attached hydrogen (secondary N) is 1. The van der Waals surface area contributed by atoms with Gasteiger partial charge in [0.25, 0.3) is 5.91 Å². The van der Waals surface area contributed by atoms with E-state index in [1.54, 1.807) is 0 Å². The second-order valence-electron chi connectivity index (χ2n) is 4.80. The number of carbonyl (C=O) groups is 1. The fourth-order valence-electron chi connectivity index (χ4n) is 2.45. The number of aromatic amines is 1. The van der Waals surface area contributed by atoms with E-state index >= 15 is 0 Å². The molecule has 19 heavy (non-hydrogen) atoms. The third kappa shape index (κ3) is 2.21. The van der Waals surface area contributed by atoms with Crippen molar-refractivity contribution >= 4 is 5.91 Å². The number of aromatic nitrogens is 4. The Kier molecular flexibility index (Phi) is 2.98. The SMILES string of the molecule is CC1CCCN1C(=O)c1ccc(-c2nn[nH]n2)cc1. The topological polar surface area (TPSA) is 74.8 Å². The molecule has 0 spiro atoms. The molecule has 2 aromatic rings. The Labute approximate surface area is 110 Å². The lowest BCUT2D eigenvalue weighted by atomic mass is 10.1. The van der Waals surface area contributed by atoms with Gasteiger partial charge in [-0.15, -0.1) is 10.2 Å². The van der Waals surface area contributed by atoms with Crippen LogP contribution in [0.3, 0.4) is 0 Å². The smallest absolute Gasteiger partial charge is 0.254 e. The Morgan fingerprint density at radius 2 is 2.16 bits per heavy atom. The van der Waals surface area contributed by atoms with Crippen LogP contribution >= 0.6 is 0 Å². The zero-order valence-corrected chi connectivity index (χ0v) is 10.7. The molecule has 0 saturated carbocycles. The summed E-state index contributed by atoms with van der Waals surface area (Å²) in [6, 6.07) is 7.67. The summed E-state index contributed by atoms with van der Waals surface area (Å²) >= 11 is 0. The number of tetrazole rings is 1. The van der Waals surface area contributed by atoms with Crippen molar-refractivity contribution in [2.24, 2.45) is 0 Å². The number of H-pyrrole nitrogens is 1. The molecule has 0 bridgehead atoms. The van der Waals surface area contributed by atoms with Crippen molar-refractivity contribution in [1.82, 2.24) is 25.5 Å². The molecule has 1 atom stereocenters. The van der Waals surface area contributed by atoms with Crippen molar-refractivity contribution in [2.75, 3.05) is 6.54 Å². The van der Waals surface area contributed by atoms with Crippen LogP contribution in [0.1, 0.15) is 30.1 Å². The van der Waals surface area contributed by atoms with Crippen LogP contribution < -0.4 is 0 Å². The molecule has 1 unspecified atom stereocenters. The van der Waals surface area contributed by atoms with Crippen LogP contribution in [0, 0.1) is 0 Å². The number of likely N-dealkylation sites (tertiary alicyclic amines) is 1. The van der Waals surface area contributed by atoms with E-state index in [-0.39, 0.29) is 5.91 Å². The van der Waals surface area contributed by atoms with Crippen LogP contribution in [-0.4, -0.2) is 44.0 Å². The first-order chi connectivity index (χ1) is 9.25. The predicted octanol–water partition coefficient (Wildman–Crippen LogP) is 1.49. The Bertz CT molecular complexity index is 563. The highest BCUT2D eigenvalue weighted by Crippen LogP contribution is 2.21. The third-order valence-corrected chi connectivity index (χ3v) is 3.55. The average molecular weight is 257 g/mol. The van der Waals surface area contributed by atoms with Crippen molar-refractivity contribution in [3.05, 3.63) is 29.8 Å². The van der Waals surface area contributed by atoms with Crippen molar-refractivity contribution in [1.29, 1.82) is 0 Å². The first kappa shape index (κ1) is 11.8. The highest BCUT2D eigenvalue weighted by molar-refractivity contribution is 5.95. The summed E-state index contributed by atoms with van der Waals surface area (Å²) in [6.45, 7) is 2.95. The lowest BCUT2D eigenvalue weighted by Gasteiger charge is -2.21. The monoisotopic (exact) mass is 257 g/mol. The average Bonchev–Trinajstić information content (AvgIpc) is 3.09. The maximum Gasteiger partial charge on any atom is 0.254 e. The quantitative estimate of drug-likeness (QED) is 0.884. The molecular weight excluding hydrogens is 242 g/mol. The van der Waals surface area contributed by atoms with Gasteiger partial charge < -0.3 is 4.90 Å². The van der Waals surface area contributed by atoms with Crippen molar-refractivity contribution in [3.8, 4) is 11.4 Å². The number of rotatable bonds is 2. The largest absolute Gasteiger partial charge is 0.336 e. The summed E-state index contributed by atoms with van der Waals surface area (Å²) in [5.41, 5.74) is 1.56. The van der Waals surface area contributed by atoms with Gasteiger partial charge in [0.1, 0.15) is 0 Å². The first-order valence-corrected chi connectivity index (χ1v) is 6.40. The summed E-state index contributed by atoms with van der Waals surface area (Å²) < 4.78 is 0. The van der Waals surface area contributed by atoms with E-state index in [1.165, 1.54) is 0 Å². The van der Waals surface area contributed by atoms with Crippen LogP contribution in [-0.2, 0) is 0 Å². The summed E-state index contributed by atoms with van der Waals surface area (Å²) in [7, 11) is 0. The number of benzene rings is 1. The van der Waals surface area contributed by atoms with Crippen LogP contribution in [0.15, 0.2) is 24.3 Å². The molecule has 1 aromatic heterocycles. The number of hydrogen-bond donors (Lipinski definition) is 1. The lowest BCUT2D eigenvalue weighted by Crippen LogP contribution is -2.33. The molecule has 1 aromatic carbocycles. The highest BCUT2D eigenvalue weighted by atomic mass is 16.2. The van der Waals surface area contributed by atoms with Crippen LogP contribution in [0.5, 0.6) is 0 Å². The molecule has 98 valence electrons. The summed E-state index contributed by atoms with van der Waals surface area (Å²) in [5, 5.41) is 13.7. The molecule has 1 aliphatic rings. The first-order valence-electron chi connectivity index (χ1n) is 6.40. The standard InChI is InChI=1S/C13H15N5O/c1-9-3-2-8-18(9)13(19)11-6-4-10(5-7-11)12-14-16-17-15-12/h4-7,9H,2-3,8H2,1H3,(H,14,15,16,17). The van der Waals surface area contributed by atoms with E-state index in [2.05, 4.69) is 27.5 Å². The Hall–Kier alpha value is -2.24.